The van der Waals surface area contributed by atoms with Crippen LogP contribution in [0.1, 0.15) is 45.6 Å². The number of carbonyl (C=O) groups is 2. The first-order chi connectivity index (χ1) is 23.5. The van der Waals surface area contributed by atoms with E-state index in [1.165, 1.54) is 30.8 Å². The summed E-state index contributed by atoms with van der Waals surface area (Å²) in [5.41, 5.74) is 2.09. The van der Waals surface area contributed by atoms with Crippen LogP contribution in [-0.2, 0) is 27.2 Å². The average Bonchev–Trinajstić information content (AvgIpc) is 3.57. The van der Waals surface area contributed by atoms with E-state index in [-0.39, 0.29) is 18.4 Å². The van der Waals surface area contributed by atoms with Gasteiger partial charge in [-0.2, -0.15) is 0 Å². The Balaban J connectivity index is 1.48. The summed E-state index contributed by atoms with van der Waals surface area (Å²) in [7, 11) is 7.21. The maximum atomic E-state index is 13.6. The van der Waals surface area contributed by atoms with E-state index in [0.717, 1.165) is 30.1 Å². The molecule has 49 heavy (non-hydrogen) atoms. The Morgan fingerprint density at radius 1 is 1.08 bits per heavy atom. The Kier molecular flexibility index (Phi) is 14.5. The number of esters is 2. The summed E-state index contributed by atoms with van der Waals surface area (Å²) >= 11 is 14.2. The highest BCUT2D eigenvalue weighted by Crippen LogP contribution is 2.36. The fourth-order valence-electron chi connectivity index (χ4n) is 5.39. The molecule has 0 radical (unpaired) electrons. The first kappa shape index (κ1) is 38.4. The number of pyridine rings is 1. The summed E-state index contributed by atoms with van der Waals surface area (Å²) in [6.45, 7) is 7.20. The minimum absolute atomic E-state index is 0.127. The van der Waals surface area contributed by atoms with Gasteiger partial charge in [0, 0.05) is 49.9 Å². The Morgan fingerprint density at radius 3 is 2.51 bits per heavy atom. The van der Waals surface area contributed by atoms with Gasteiger partial charge in [-0.15, -0.1) is 11.3 Å². The highest BCUT2D eigenvalue weighted by Gasteiger charge is 2.28. The zero-order valence-corrected chi connectivity index (χ0v) is 31.0. The van der Waals surface area contributed by atoms with E-state index in [4.69, 9.17) is 42.1 Å². The van der Waals surface area contributed by atoms with Crippen LogP contribution < -0.4 is 14.8 Å². The molecular formula is C36H44Cl2N4O6S. The number of carbonyl (C=O) groups excluding carboxylic acids is 2. The van der Waals surface area contributed by atoms with Crippen LogP contribution in [0.15, 0.2) is 66.5 Å². The molecule has 3 atom stereocenters. The molecule has 10 nitrogen and oxygen atoms in total. The largest absolute Gasteiger partial charge is 0.493 e. The van der Waals surface area contributed by atoms with Crippen molar-refractivity contribution in [2.24, 2.45) is 0 Å². The summed E-state index contributed by atoms with van der Waals surface area (Å²) in [6, 6.07) is 8.34. The molecule has 4 rings (SSSR count). The lowest BCUT2D eigenvalue weighted by atomic mass is 10.0. The van der Waals surface area contributed by atoms with E-state index in [1.54, 1.807) is 31.4 Å². The fraction of sp³-hybridized carbons (Fsp3) is 0.417. The van der Waals surface area contributed by atoms with Gasteiger partial charge in [-0.3, -0.25) is 15.2 Å². The van der Waals surface area contributed by atoms with Gasteiger partial charge in [0.1, 0.15) is 23.6 Å². The Hall–Kier alpha value is -3.45. The van der Waals surface area contributed by atoms with Crippen LogP contribution in [0.25, 0.3) is 0 Å². The molecule has 1 saturated heterocycles. The first-order valence-electron chi connectivity index (χ1n) is 15.9. The van der Waals surface area contributed by atoms with E-state index < -0.39 is 18.1 Å². The van der Waals surface area contributed by atoms with Gasteiger partial charge in [0.25, 0.3) is 0 Å². The SMILES string of the molecule is C/C=C\C=C(/C)C(NCc1ccc(C(=O)O[C@@H](Cc2c(Cl)cncc2Cl)c2ccc(OC)c(OC)c2)s1)C(=O)OC[C@H]1CN(C)CCN1C. The number of halogens is 2. The van der Waals surface area contributed by atoms with Gasteiger partial charge >= 0.3 is 11.9 Å². The number of ether oxygens (including phenoxy) is 4. The number of nitrogens with zero attached hydrogens (tertiary/aromatic N) is 3. The van der Waals surface area contributed by atoms with Gasteiger partial charge in [-0.25, -0.2) is 9.59 Å². The van der Waals surface area contributed by atoms with Crippen molar-refractivity contribution < 1.29 is 28.5 Å². The van der Waals surface area contributed by atoms with Gasteiger partial charge < -0.3 is 23.8 Å². The molecule has 0 spiro atoms. The zero-order chi connectivity index (χ0) is 35.5. The third kappa shape index (κ3) is 10.5. The molecule has 0 bridgehead atoms. The molecule has 1 unspecified atom stereocenters. The zero-order valence-electron chi connectivity index (χ0n) is 28.7. The Morgan fingerprint density at radius 2 is 1.82 bits per heavy atom. The smallest absolute Gasteiger partial charge is 0.348 e. The fourth-order valence-corrected chi connectivity index (χ4v) is 6.75. The summed E-state index contributed by atoms with van der Waals surface area (Å²) in [5.74, 6) is 0.169. The number of rotatable bonds is 15. The van der Waals surface area contributed by atoms with Crippen LogP contribution >= 0.6 is 34.5 Å². The number of aromatic nitrogens is 1. The molecule has 1 aliphatic heterocycles. The van der Waals surface area contributed by atoms with E-state index in [9.17, 15) is 9.59 Å². The second-order valence-corrected chi connectivity index (χ2v) is 13.8. The second-order valence-electron chi connectivity index (χ2n) is 11.8. The number of benzene rings is 1. The molecule has 1 aromatic carbocycles. The lowest BCUT2D eigenvalue weighted by Gasteiger charge is -2.37. The third-order valence-corrected chi connectivity index (χ3v) is 10.1. The number of nitrogens with one attached hydrogen (secondary N) is 1. The van der Waals surface area contributed by atoms with Crippen LogP contribution in [0.5, 0.6) is 11.5 Å². The molecule has 0 amide bonds. The van der Waals surface area contributed by atoms with Crippen molar-refractivity contribution in [1.82, 2.24) is 20.1 Å². The quantitative estimate of drug-likeness (QED) is 0.140. The summed E-state index contributed by atoms with van der Waals surface area (Å²) in [6.07, 6.45) is 8.14. The molecule has 3 aromatic rings. The maximum Gasteiger partial charge on any atom is 0.348 e. The van der Waals surface area contributed by atoms with Crippen molar-refractivity contribution >= 4 is 46.5 Å². The average molecular weight is 732 g/mol. The number of piperazine rings is 1. The summed E-state index contributed by atoms with van der Waals surface area (Å²) < 4.78 is 22.8. The summed E-state index contributed by atoms with van der Waals surface area (Å²) in [4.78, 5) is 36.7. The van der Waals surface area contributed by atoms with Crippen molar-refractivity contribution in [3.63, 3.8) is 0 Å². The Bertz CT molecular complexity index is 1630. The molecule has 1 aliphatic rings. The second kappa shape index (κ2) is 18.5. The van der Waals surface area contributed by atoms with E-state index >= 15 is 0 Å². The molecule has 0 saturated carbocycles. The molecule has 13 heteroatoms. The highest BCUT2D eigenvalue weighted by atomic mass is 35.5. The summed E-state index contributed by atoms with van der Waals surface area (Å²) in [5, 5.41) is 4.06. The molecular weight excluding hydrogens is 687 g/mol. The number of allylic oxidation sites excluding steroid dienone is 3. The Labute approximate surface area is 302 Å². The van der Waals surface area contributed by atoms with Gasteiger partial charge in [-0.1, -0.05) is 47.5 Å². The number of likely N-dealkylation sites (N-methyl/N-ethyl adjacent to an activating group) is 2. The van der Waals surface area contributed by atoms with Gasteiger partial charge in [0.2, 0.25) is 0 Å². The van der Waals surface area contributed by atoms with Gasteiger partial charge in [-0.05, 0) is 68.9 Å². The van der Waals surface area contributed by atoms with Crippen molar-refractivity contribution in [2.75, 3.05) is 54.6 Å². The normalized spacial score (nSPS) is 17.1. The molecule has 2 aromatic heterocycles. The standard InChI is InChI=1S/C36H44Cl2N4O6S/c1-7-8-9-23(2)34(36(44)47-22-25-21-41(3)14-15-42(25)4)40-18-26-11-13-33(49-26)35(43)48-31(17-27-28(37)19-39-20-29(27)38)24-10-12-30(45-5)32(16-24)46-6/h7-13,16,19-20,25,31,34,40H,14-15,17-18,21-22H2,1-6H3/b8-7-,23-9+/t25-,31+,34?/m1/s1. The lowest BCUT2D eigenvalue weighted by Crippen LogP contribution is -2.52. The van der Waals surface area contributed by atoms with E-state index in [0.29, 0.717) is 50.7 Å². The van der Waals surface area contributed by atoms with Gasteiger partial charge in [0.05, 0.1) is 30.3 Å². The molecule has 0 aliphatic carbocycles. The number of hydrogen-bond acceptors (Lipinski definition) is 11. The van der Waals surface area contributed by atoms with Crippen molar-refractivity contribution in [2.45, 2.75) is 45.0 Å². The predicted octanol–water partition coefficient (Wildman–Crippen LogP) is 6.38. The third-order valence-electron chi connectivity index (χ3n) is 8.35. The van der Waals surface area contributed by atoms with Crippen LogP contribution in [0, 0.1) is 0 Å². The minimum atomic E-state index is -0.755. The molecule has 3 heterocycles. The molecule has 1 fully saturated rings. The van der Waals surface area contributed by atoms with Crippen molar-refractivity contribution in [3.8, 4) is 11.5 Å². The number of methoxy groups -OCH3 is 2. The van der Waals surface area contributed by atoms with Crippen LogP contribution in [-0.4, -0.2) is 93.4 Å². The topological polar surface area (TPSA) is 102 Å². The first-order valence-corrected chi connectivity index (χ1v) is 17.5. The highest BCUT2D eigenvalue weighted by molar-refractivity contribution is 7.13. The monoisotopic (exact) mass is 730 g/mol. The number of hydrogen-bond donors (Lipinski definition) is 1. The van der Waals surface area contributed by atoms with Crippen LogP contribution in [0.3, 0.4) is 0 Å². The maximum absolute atomic E-state index is 13.6. The molecule has 1 N–H and O–H groups in total. The van der Waals surface area contributed by atoms with Crippen LogP contribution in [0.2, 0.25) is 10.0 Å². The van der Waals surface area contributed by atoms with E-state index in [2.05, 4.69) is 34.2 Å². The van der Waals surface area contributed by atoms with Gasteiger partial charge in [0.15, 0.2) is 11.5 Å². The van der Waals surface area contributed by atoms with E-state index in [1.807, 2.05) is 38.1 Å². The predicted molar refractivity (Wildman–Crippen MR) is 194 cm³/mol. The minimum Gasteiger partial charge on any atom is -0.493 e. The van der Waals surface area contributed by atoms with Crippen LogP contribution in [0.4, 0.5) is 0 Å². The van der Waals surface area contributed by atoms with Crippen molar-refractivity contribution in [1.29, 1.82) is 0 Å². The van der Waals surface area contributed by atoms with Crippen molar-refractivity contribution in [3.05, 3.63) is 97.5 Å². The lowest BCUT2D eigenvalue weighted by molar-refractivity contribution is -0.147. The number of thiophene rings is 1. The molecule has 264 valence electrons.